The number of hydrogen-bond donors (Lipinski definition) is 0. The topological polar surface area (TPSA) is 29.5 Å². The average Bonchev–Trinajstić information content (AvgIpc) is 2.17. The SMILES string of the molecule is CCCCCON(C=O)CCCC. The van der Waals surface area contributed by atoms with Crippen LogP contribution < -0.4 is 0 Å². The molecule has 0 spiro atoms. The molecule has 0 saturated heterocycles. The number of rotatable bonds is 9. The molecule has 0 unspecified atom stereocenters. The largest absolute Gasteiger partial charge is 0.276 e. The summed E-state index contributed by atoms with van der Waals surface area (Å²) in [5.41, 5.74) is 0. The normalized spacial score (nSPS) is 10.0. The maximum atomic E-state index is 10.5. The van der Waals surface area contributed by atoms with Crippen LogP contribution in [0.2, 0.25) is 0 Å². The molecule has 0 aliphatic rings. The van der Waals surface area contributed by atoms with Crippen molar-refractivity contribution in [3.8, 4) is 0 Å². The van der Waals surface area contributed by atoms with Gasteiger partial charge in [0.15, 0.2) is 0 Å². The van der Waals surface area contributed by atoms with E-state index in [4.69, 9.17) is 4.84 Å². The van der Waals surface area contributed by atoms with Crippen LogP contribution >= 0.6 is 0 Å². The molecule has 1 amide bonds. The van der Waals surface area contributed by atoms with Gasteiger partial charge in [0.25, 0.3) is 0 Å². The third kappa shape index (κ3) is 7.78. The first-order chi connectivity index (χ1) is 6.35. The van der Waals surface area contributed by atoms with Gasteiger partial charge >= 0.3 is 0 Å². The first-order valence-corrected chi connectivity index (χ1v) is 5.20. The second-order valence-electron chi connectivity index (χ2n) is 3.14. The van der Waals surface area contributed by atoms with Crippen LogP contribution in [0.25, 0.3) is 0 Å². The van der Waals surface area contributed by atoms with E-state index in [0.29, 0.717) is 13.2 Å². The standard InChI is InChI=1S/C10H21NO2/c1-3-5-7-9-13-11(10-12)8-6-4-2/h10H,3-9H2,1-2H3. The number of unbranched alkanes of at least 4 members (excludes halogenated alkanes) is 3. The summed E-state index contributed by atoms with van der Waals surface area (Å²) in [7, 11) is 0. The molecular weight excluding hydrogens is 166 g/mol. The quantitative estimate of drug-likeness (QED) is 0.315. The molecule has 0 aromatic heterocycles. The van der Waals surface area contributed by atoms with Gasteiger partial charge in [-0.2, -0.15) is 0 Å². The maximum absolute atomic E-state index is 10.5. The molecule has 0 radical (unpaired) electrons. The molecule has 0 heterocycles. The van der Waals surface area contributed by atoms with Gasteiger partial charge in [0.05, 0.1) is 6.61 Å². The predicted molar refractivity (Wildman–Crippen MR) is 53.2 cm³/mol. The Kier molecular flexibility index (Phi) is 9.10. The zero-order chi connectivity index (χ0) is 9.94. The summed E-state index contributed by atoms with van der Waals surface area (Å²) in [6.07, 6.45) is 6.24. The number of hydrogen-bond acceptors (Lipinski definition) is 2. The van der Waals surface area contributed by atoms with E-state index in [0.717, 1.165) is 25.7 Å². The fourth-order valence-electron chi connectivity index (χ4n) is 0.996. The Morgan fingerprint density at radius 1 is 1.15 bits per heavy atom. The Hall–Kier alpha value is -0.570. The van der Waals surface area contributed by atoms with E-state index in [1.807, 2.05) is 0 Å². The monoisotopic (exact) mass is 187 g/mol. The first kappa shape index (κ1) is 12.4. The molecule has 0 N–H and O–H groups in total. The highest BCUT2D eigenvalue weighted by Gasteiger charge is 1.99. The Morgan fingerprint density at radius 2 is 1.85 bits per heavy atom. The van der Waals surface area contributed by atoms with Gasteiger partial charge in [-0.05, 0) is 12.8 Å². The van der Waals surface area contributed by atoms with Crippen molar-refractivity contribution in [1.29, 1.82) is 0 Å². The molecule has 0 aromatic rings. The predicted octanol–water partition coefficient (Wildman–Crippen LogP) is 2.37. The Morgan fingerprint density at radius 3 is 2.38 bits per heavy atom. The summed E-state index contributed by atoms with van der Waals surface area (Å²) in [4.78, 5) is 15.7. The summed E-state index contributed by atoms with van der Waals surface area (Å²) in [5, 5.41) is 1.40. The summed E-state index contributed by atoms with van der Waals surface area (Å²) in [6, 6.07) is 0. The van der Waals surface area contributed by atoms with Crippen LogP contribution in [0.5, 0.6) is 0 Å². The highest BCUT2D eigenvalue weighted by Crippen LogP contribution is 1.98. The lowest BCUT2D eigenvalue weighted by molar-refractivity contribution is -0.172. The zero-order valence-corrected chi connectivity index (χ0v) is 8.79. The van der Waals surface area contributed by atoms with Crippen molar-refractivity contribution in [3.05, 3.63) is 0 Å². The van der Waals surface area contributed by atoms with Crippen LogP contribution in [0, 0.1) is 0 Å². The second kappa shape index (κ2) is 9.52. The van der Waals surface area contributed by atoms with Gasteiger partial charge in [-0.15, -0.1) is 0 Å². The lowest BCUT2D eigenvalue weighted by Crippen LogP contribution is -2.24. The van der Waals surface area contributed by atoms with Crippen molar-refractivity contribution >= 4 is 6.41 Å². The molecule has 78 valence electrons. The Labute approximate surface area is 81.0 Å². The Bertz CT molecular complexity index is 117. The number of carbonyl (C=O) groups is 1. The first-order valence-electron chi connectivity index (χ1n) is 5.20. The van der Waals surface area contributed by atoms with E-state index in [1.54, 1.807) is 0 Å². The van der Waals surface area contributed by atoms with Crippen molar-refractivity contribution in [3.63, 3.8) is 0 Å². The van der Waals surface area contributed by atoms with Crippen molar-refractivity contribution in [1.82, 2.24) is 5.06 Å². The molecule has 0 aromatic carbocycles. The van der Waals surface area contributed by atoms with Crippen LogP contribution in [-0.2, 0) is 9.63 Å². The molecule has 13 heavy (non-hydrogen) atoms. The summed E-state index contributed by atoms with van der Waals surface area (Å²) < 4.78 is 0. The van der Waals surface area contributed by atoms with Gasteiger partial charge in [-0.3, -0.25) is 9.63 Å². The second-order valence-corrected chi connectivity index (χ2v) is 3.14. The molecule has 0 bridgehead atoms. The van der Waals surface area contributed by atoms with E-state index in [-0.39, 0.29) is 0 Å². The lowest BCUT2D eigenvalue weighted by Gasteiger charge is -2.15. The van der Waals surface area contributed by atoms with Gasteiger partial charge in [0.2, 0.25) is 6.41 Å². The number of nitrogens with zero attached hydrogens (tertiary/aromatic N) is 1. The van der Waals surface area contributed by atoms with Gasteiger partial charge in [-0.25, -0.2) is 5.06 Å². The van der Waals surface area contributed by atoms with E-state index in [1.165, 1.54) is 17.9 Å². The van der Waals surface area contributed by atoms with Gasteiger partial charge < -0.3 is 0 Å². The van der Waals surface area contributed by atoms with Crippen LogP contribution in [0.4, 0.5) is 0 Å². The van der Waals surface area contributed by atoms with E-state index in [9.17, 15) is 4.79 Å². The van der Waals surface area contributed by atoms with Crippen molar-refractivity contribution in [2.24, 2.45) is 0 Å². The van der Waals surface area contributed by atoms with Crippen LogP contribution in [-0.4, -0.2) is 24.6 Å². The summed E-state index contributed by atoms with van der Waals surface area (Å²) >= 11 is 0. The minimum atomic E-state index is 0.663. The molecule has 0 rings (SSSR count). The van der Waals surface area contributed by atoms with E-state index in [2.05, 4.69) is 13.8 Å². The summed E-state index contributed by atoms with van der Waals surface area (Å²) in [6.45, 7) is 5.62. The summed E-state index contributed by atoms with van der Waals surface area (Å²) in [5.74, 6) is 0. The lowest BCUT2D eigenvalue weighted by atomic mass is 10.3. The van der Waals surface area contributed by atoms with Crippen LogP contribution in [0.15, 0.2) is 0 Å². The third-order valence-electron chi connectivity index (χ3n) is 1.85. The fourth-order valence-corrected chi connectivity index (χ4v) is 0.996. The van der Waals surface area contributed by atoms with E-state index >= 15 is 0 Å². The van der Waals surface area contributed by atoms with Gasteiger partial charge in [0, 0.05) is 6.54 Å². The third-order valence-corrected chi connectivity index (χ3v) is 1.85. The van der Waals surface area contributed by atoms with Crippen molar-refractivity contribution in [2.45, 2.75) is 46.0 Å². The van der Waals surface area contributed by atoms with Crippen LogP contribution in [0.3, 0.4) is 0 Å². The number of amides is 1. The molecule has 0 saturated carbocycles. The molecule has 0 aliphatic carbocycles. The van der Waals surface area contributed by atoms with E-state index < -0.39 is 0 Å². The maximum Gasteiger partial charge on any atom is 0.233 e. The highest BCUT2D eigenvalue weighted by molar-refractivity contribution is 5.44. The molecule has 0 fully saturated rings. The number of carbonyl (C=O) groups excluding carboxylic acids is 1. The highest BCUT2D eigenvalue weighted by atomic mass is 16.7. The number of hydroxylamine groups is 2. The van der Waals surface area contributed by atoms with Crippen molar-refractivity contribution in [2.75, 3.05) is 13.2 Å². The molecule has 0 aliphatic heterocycles. The molecule has 3 nitrogen and oxygen atoms in total. The zero-order valence-electron chi connectivity index (χ0n) is 8.79. The van der Waals surface area contributed by atoms with Gasteiger partial charge in [-0.1, -0.05) is 33.1 Å². The minimum Gasteiger partial charge on any atom is -0.276 e. The molecule has 0 atom stereocenters. The van der Waals surface area contributed by atoms with Gasteiger partial charge in [0.1, 0.15) is 0 Å². The van der Waals surface area contributed by atoms with Crippen LogP contribution in [0.1, 0.15) is 46.0 Å². The Balaban J connectivity index is 3.31. The molecule has 3 heteroatoms. The molecular formula is C10H21NO2. The fraction of sp³-hybridized carbons (Fsp3) is 0.900. The average molecular weight is 187 g/mol. The minimum absolute atomic E-state index is 0.663. The van der Waals surface area contributed by atoms with Crippen molar-refractivity contribution < 1.29 is 9.63 Å². The smallest absolute Gasteiger partial charge is 0.233 e.